The van der Waals surface area contributed by atoms with Gasteiger partial charge in [-0.2, -0.15) is 5.10 Å². The van der Waals surface area contributed by atoms with Crippen LogP contribution >= 0.6 is 0 Å². The van der Waals surface area contributed by atoms with E-state index >= 15 is 0 Å². The first-order chi connectivity index (χ1) is 10.1. The van der Waals surface area contributed by atoms with Gasteiger partial charge < -0.3 is 14.8 Å². The molecule has 2 N–H and O–H groups in total. The number of nitrogens with one attached hydrogen (secondary N) is 2. The van der Waals surface area contributed by atoms with Gasteiger partial charge in [0.1, 0.15) is 19.0 Å². The van der Waals surface area contributed by atoms with Gasteiger partial charge in [0.2, 0.25) is 0 Å². The van der Waals surface area contributed by atoms with Crippen LogP contribution in [0.5, 0.6) is 11.5 Å². The quantitative estimate of drug-likeness (QED) is 0.903. The first-order valence-corrected chi connectivity index (χ1v) is 7.18. The van der Waals surface area contributed by atoms with Crippen molar-refractivity contribution >= 4 is 0 Å². The minimum atomic E-state index is 0.0677. The molecule has 6 nitrogen and oxygen atoms in total. The molecule has 0 aliphatic carbocycles. The van der Waals surface area contributed by atoms with Crippen LogP contribution in [0.3, 0.4) is 0 Å². The molecule has 3 rings (SSSR count). The van der Waals surface area contributed by atoms with Gasteiger partial charge in [-0.05, 0) is 38.5 Å². The summed E-state index contributed by atoms with van der Waals surface area (Å²) in [6.45, 7) is 7.28. The van der Waals surface area contributed by atoms with Gasteiger partial charge in [0.15, 0.2) is 17.3 Å². The molecule has 2 aromatic rings. The molecule has 2 heterocycles. The van der Waals surface area contributed by atoms with Crippen LogP contribution < -0.4 is 14.8 Å². The third-order valence-corrected chi connectivity index (χ3v) is 3.57. The molecule has 0 fully saturated rings. The van der Waals surface area contributed by atoms with E-state index in [9.17, 15) is 0 Å². The van der Waals surface area contributed by atoms with Gasteiger partial charge in [-0.25, -0.2) is 4.98 Å². The number of fused-ring (bicyclic) bond motifs is 1. The third kappa shape index (κ3) is 3.00. The predicted molar refractivity (Wildman–Crippen MR) is 78.5 cm³/mol. The van der Waals surface area contributed by atoms with Crippen LogP contribution in [0, 0.1) is 6.92 Å². The number of ether oxygens (including phenoxy) is 2. The number of aromatic amines is 1. The Kier molecular flexibility index (Phi) is 3.79. The molecule has 0 amide bonds. The van der Waals surface area contributed by atoms with E-state index in [-0.39, 0.29) is 12.1 Å². The topological polar surface area (TPSA) is 72.1 Å². The van der Waals surface area contributed by atoms with Gasteiger partial charge in [-0.15, -0.1) is 0 Å². The zero-order valence-corrected chi connectivity index (χ0v) is 12.5. The van der Waals surface area contributed by atoms with Crippen molar-refractivity contribution in [2.75, 3.05) is 13.2 Å². The molecule has 0 saturated carbocycles. The number of rotatable bonds is 4. The van der Waals surface area contributed by atoms with Crippen molar-refractivity contribution in [2.45, 2.75) is 32.9 Å². The number of benzene rings is 1. The average molecular weight is 288 g/mol. The van der Waals surface area contributed by atoms with Crippen molar-refractivity contribution in [1.82, 2.24) is 20.5 Å². The van der Waals surface area contributed by atoms with Crippen LogP contribution in [0.25, 0.3) is 0 Å². The fourth-order valence-electron chi connectivity index (χ4n) is 2.43. The minimum Gasteiger partial charge on any atom is -0.486 e. The Hall–Kier alpha value is -2.08. The summed E-state index contributed by atoms with van der Waals surface area (Å²) >= 11 is 0. The Balaban J connectivity index is 1.71. The maximum absolute atomic E-state index is 5.62. The van der Waals surface area contributed by atoms with Crippen molar-refractivity contribution in [3.8, 4) is 11.5 Å². The van der Waals surface area contributed by atoms with E-state index < -0.39 is 0 Å². The Morgan fingerprint density at radius 3 is 2.62 bits per heavy atom. The molecule has 6 heteroatoms. The fraction of sp³-hybridized carbons (Fsp3) is 0.467. The summed E-state index contributed by atoms with van der Waals surface area (Å²) in [5, 5.41) is 10.5. The van der Waals surface area contributed by atoms with Gasteiger partial charge in [0, 0.05) is 6.04 Å². The number of hydrogen-bond acceptors (Lipinski definition) is 5. The summed E-state index contributed by atoms with van der Waals surface area (Å²) in [6.07, 6.45) is 0. The van der Waals surface area contributed by atoms with Gasteiger partial charge in [0.25, 0.3) is 0 Å². The summed E-state index contributed by atoms with van der Waals surface area (Å²) in [7, 11) is 0. The van der Waals surface area contributed by atoms with Crippen LogP contribution in [0.4, 0.5) is 0 Å². The summed E-state index contributed by atoms with van der Waals surface area (Å²) in [6, 6.07) is 6.28. The molecular formula is C15H20N4O2. The predicted octanol–water partition coefficient (Wildman–Crippen LogP) is 2.30. The van der Waals surface area contributed by atoms with E-state index in [2.05, 4.69) is 40.4 Å². The Morgan fingerprint density at radius 2 is 1.90 bits per heavy atom. The van der Waals surface area contributed by atoms with Crippen molar-refractivity contribution < 1.29 is 9.47 Å². The van der Waals surface area contributed by atoms with E-state index in [0.29, 0.717) is 13.2 Å². The second-order valence-corrected chi connectivity index (χ2v) is 5.29. The lowest BCUT2D eigenvalue weighted by atomic mass is 10.1. The van der Waals surface area contributed by atoms with Gasteiger partial charge in [-0.3, -0.25) is 5.10 Å². The second kappa shape index (κ2) is 5.73. The fourth-order valence-corrected chi connectivity index (χ4v) is 2.43. The molecule has 1 aromatic heterocycles. The van der Waals surface area contributed by atoms with Gasteiger partial charge in [-0.1, -0.05) is 6.07 Å². The molecule has 1 aliphatic heterocycles. The highest BCUT2D eigenvalue weighted by Gasteiger charge is 2.17. The highest BCUT2D eigenvalue weighted by atomic mass is 16.6. The molecule has 0 spiro atoms. The van der Waals surface area contributed by atoms with Crippen molar-refractivity contribution in [3.05, 3.63) is 35.4 Å². The molecule has 21 heavy (non-hydrogen) atoms. The summed E-state index contributed by atoms with van der Waals surface area (Å²) < 4.78 is 11.2. The first kappa shape index (κ1) is 13.9. The van der Waals surface area contributed by atoms with Crippen LogP contribution in [0.1, 0.15) is 43.1 Å². The summed E-state index contributed by atoms with van der Waals surface area (Å²) in [5.74, 6) is 3.23. The zero-order chi connectivity index (χ0) is 14.8. The molecule has 0 saturated heterocycles. The molecule has 1 aromatic carbocycles. The average Bonchev–Trinajstić information content (AvgIpc) is 2.93. The Morgan fingerprint density at radius 1 is 1.14 bits per heavy atom. The van der Waals surface area contributed by atoms with Gasteiger partial charge in [0.05, 0.1) is 6.04 Å². The highest BCUT2D eigenvalue weighted by Crippen LogP contribution is 2.33. The summed E-state index contributed by atoms with van der Waals surface area (Å²) in [5.41, 5.74) is 1.15. The lowest BCUT2D eigenvalue weighted by Crippen LogP contribution is -2.24. The van der Waals surface area contributed by atoms with E-state index in [1.54, 1.807) is 0 Å². The molecule has 2 atom stereocenters. The maximum atomic E-state index is 5.62. The largest absolute Gasteiger partial charge is 0.486 e. The standard InChI is InChI=1S/C15H20N4O2/c1-9(16-10(2)15-17-11(3)18-19-15)12-4-5-13-14(8-12)21-7-6-20-13/h4-5,8-10,16H,6-7H2,1-3H3,(H,17,18,19). The van der Waals surface area contributed by atoms with Crippen molar-refractivity contribution in [3.63, 3.8) is 0 Å². The maximum Gasteiger partial charge on any atom is 0.167 e. The van der Waals surface area contributed by atoms with Crippen LogP contribution in [-0.2, 0) is 0 Å². The lowest BCUT2D eigenvalue weighted by Gasteiger charge is -2.22. The molecule has 112 valence electrons. The van der Waals surface area contributed by atoms with E-state index in [1.165, 1.54) is 0 Å². The minimum absolute atomic E-state index is 0.0677. The van der Waals surface area contributed by atoms with E-state index in [1.807, 2.05) is 19.1 Å². The number of H-pyrrole nitrogens is 1. The van der Waals surface area contributed by atoms with E-state index in [0.717, 1.165) is 28.7 Å². The smallest absolute Gasteiger partial charge is 0.167 e. The van der Waals surface area contributed by atoms with Crippen LogP contribution in [0.2, 0.25) is 0 Å². The van der Waals surface area contributed by atoms with Crippen LogP contribution in [0.15, 0.2) is 18.2 Å². The molecule has 2 unspecified atom stereocenters. The van der Waals surface area contributed by atoms with E-state index in [4.69, 9.17) is 9.47 Å². The number of aromatic nitrogens is 3. The zero-order valence-electron chi connectivity index (χ0n) is 12.5. The van der Waals surface area contributed by atoms with Crippen molar-refractivity contribution in [2.24, 2.45) is 0 Å². The van der Waals surface area contributed by atoms with Gasteiger partial charge >= 0.3 is 0 Å². The lowest BCUT2D eigenvalue weighted by molar-refractivity contribution is 0.171. The Bertz CT molecular complexity index is 626. The summed E-state index contributed by atoms with van der Waals surface area (Å²) in [4.78, 5) is 4.35. The molecule has 0 radical (unpaired) electrons. The normalized spacial score (nSPS) is 16.5. The first-order valence-electron chi connectivity index (χ1n) is 7.18. The monoisotopic (exact) mass is 288 g/mol. The van der Waals surface area contributed by atoms with Crippen LogP contribution in [-0.4, -0.2) is 28.4 Å². The number of aryl methyl sites for hydroxylation is 1. The number of hydrogen-bond donors (Lipinski definition) is 2. The molecule has 0 bridgehead atoms. The molecule has 1 aliphatic rings. The second-order valence-electron chi connectivity index (χ2n) is 5.29. The molecular weight excluding hydrogens is 268 g/mol. The number of nitrogens with zero attached hydrogens (tertiary/aromatic N) is 2. The highest BCUT2D eigenvalue weighted by molar-refractivity contribution is 5.44. The Labute approximate surface area is 123 Å². The third-order valence-electron chi connectivity index (χ3n) is 3.57. The SMILES string of the molecule is Cc1nc(C(C)NC(C)c2ccc3c(c2)OCCO3)n[nH]1. The van der Waals surface area contributed by atoms with Crippen molar-refractivity contribution in [1.29, 1.82) is 0 Å².